The third-order valence-corrected chi connectivity index (χ3v) is 2.46. The van der Waals surface area contributed by atoms with E-state index in [2.05, 4.69) is 0 Å². The van der Waals surface area contributed by atoms with Gasteiger partial charge >= 0.3 is 11.9 Å². The van der Waals surface area contributed by atoms with Crippen molar-refractivity contribution in [3.63, 3.8) is 0 Å². The predicted molar refractivity (Wildman–Crippen MR) is 63.0 cm³/mol. The van der Waals surface area contributed by atoms with Crippen molar-refractivity contribution in [1.29, 1.82) is 0 Å². The number of carbonyl (C=O) groups excluding carboxylic acids is 1. The van der Waals surface area contributed by atoms with Crippen molar-refractivity contribution in [2.24, 2.45) is 0 Å². The molecule has 1 aromatic carbocycles. The molecule has 0 aromatic heterocycles. The molecule has 0 unspecified atom stereocenters. The van der Waals surface area contributed by atoms with E-state index in [1.807, 2.05) is 13.8 Å². The standard InChI is InChI=1S/C13H16O4/c1-9(14)17-11-7-5-4-6-10(11)13(2,3)8-12(15)16/h4-7H,8H2,1-3H3,(H,15,16). The monoisotopic (exact) mass is 236 g/mol. The van der Waals surface area contributed by atoms with Crippen molar-refractivity contribution >= 4 is 11.9 Å². The summed E-state index contributed by atoms with van der Waals surface area (Å²) in [6.07, 6.45) is -0.0225. The molecule has 0 aliphatic carbocycles. The average molecular weight is 236 g/mol. The summed E-state index contributed by atoms with van der Waals surface area (Å²) in [5.41, 5.74) is 0.135. The van der Waals surface area contributed by atoms with Gasteiger partial charge in [-0.2, -0.15) is 0 Å². The second-order valence-corrected chi connectivity index (χ2v) is 4.54. The van der Waals surface area contributed by atoms with Crippen LogP contribution >= 0.6 is 0 Å². The van der Waals surface area contributed by atoms with E-state index < -0.39 is 17.4 Å². The molecule has 4 heteroatoms. The van der Waals surface area contributed by atoms with Gasteiger partial charge in [-0.1, -0.05) is 32.0 Å². The zero-order valence-electron chi connectivity index (χ0n) is 10.2. The van der Waals surface area contributed by atoms with Crippen LogP contribution in [0.2, 0.25) is 0 Å². The molecule has 92 valence electrons. The fraction of sp³-hybridized carbons (Fsp3) is 0.385. The summed E-state index contributed by atoms with van der Waals surface area (Å²) in [4.78, 5) is 21.8. The molecule has 0 saturated heterocycles. The van der Waals surface area contributed by atoms with E-state index in [1.165, 1.54) is 6.92 Å². The maximum Gasteiger partial charge on any atom is 0.308 e. The number of para-hydroxylation sites is 1. The molecule has 1 rings (SSSR count). The summed E-state index contributed by atoms with van der Waals surface area (Å²) < 4.78 is 5.08. The van der Waals surface area contributed by atoms with E-state index in [9.17, 15) is 9.59 Å². The first-order valence-corrected chi connectivity index (χ1v) is 5.32. The van der Waals surface area contributed by atoms with Crippen molar-refractivity contribution in [1.82, 2.24) is 0 Å². The summed E-state index contributed by atoms with van der Waals surface area (Å²) in [5, 5.41) is 8.88. The molecular formula is C13H16O4. The Hall–Kier alpha value is -1.84. The molecule has 0 aliphatic heterocycles. The Morgan fingerprint density at radius 2 is 1.88 bits per heavy atom. The molecule has 0 bridgehead atoms. The van der Waals surface area contributed by atoms with E-state index in [4.69, 9.17) is 9.84 Å². The molecule has 0 atom stereocenters. The van der Waals surface area contributed by atoms with Crippen LogP contribution in [-0.2, 0) is 15.0 Å². The van der Waals surface area contributed by atoms with Gasteiger partial charge in [0.2, 0.25) is 0 Å². The molecule has 1 aromatic rings. The third-order valence-electron chi connectivity index (χ3n) is 2.46. The highest BCUT2D eigenvalue weighted by Gasteiger charge is 2.27. The smallest absolute Gasteiger partial charge is 0.308 e. The highest BCUT2D eigenvalue weighted by atomic mass is 16.5. The minimum Gasteiger partial charge on any atom is -0.481 e. The zero-order chi connectivity index (χ0) is 13.1. The molecule has 0 amide bonds. The minimum atomic E-state index is -0.882. The average Bonchev–Trinajstić information content (AvgIpc) is 2.15. The zero-order valence-corrected chi connectivity index (χ0v) is 10.2. The first-order valence-electron chi connectivity index (χ1n) is 5.32. The lowest BCUT2D eigenvalue weighted by Gasteiger charge is -2.25. The Kier molecular flexibility index (Phi) is 3.89. The van der Waals surface area contributed by atoms with Gasteiger partial charge in [-0.25, -0.2) is 0 Å². The molecule has 1 N–H and O–H groups in total. The number of carboxylic acids is 1. The van der Waals surface area contributed by atoms with Gasteiger partial charge in [-0.05, 0) is 6.07 Å². The van der Waals surface area contributed by atoms with Crippen LogP contribution in [-0.4, -0.2) is 17.0 Å². The Morgan fingerprint density at radius 3 is 2.41 bits per heavy atom. The minimum absolute atomic E-state index is 0.0225. The van der Waals surface area contributed by atoms with Crippen LogP contribution in [0, 0.1) is 0 Å². The number of rotatable bonds is 4. The number of ether oxygens (including phenoxy) is 1. The van der Waals surface area contributed by atoms with E-state index >= 15 is 0 Å². The molecule has 0 heterocycles. The van der Waals surface area contributed by atoms with E-state index in [0.29, 0.717) is 5.75 Å². The van der Waals surface area contributed by atoms with Crippen LogP contribution in [0.5, 0.6) is 5.75 Å². The number of carboxylic acid groups (broad SMARTS) is 1. The van der Waals surface area contributed by atoms with Crippen molar-refractivity contribution in [3.05, 3.63) is 29.8 Å². The molecular weight excluding hydrogens is 220 g/mol. The summed E-state index contributed by atoms with van der Waals surface area (Å²) in [6, 6.07) is 6.99. The summed E-state index contributed by atoms with van der Waals surface area (Å²) in [5.74, 6) is -0.873. The van der Waals surface area contributed by atoms with Gasteiger partial charge in [0.1, 0.15) is 5.75 Å². The number of benzene rings is 1. The highest BCUT2D eigenvalue weighted by molar-refractivity contribution is 5.71. The summed E-state index contributed by atoms with van der Waals surface area (Å²) in [7, 11) is 0. The molecule has 0 radical (unpaired) electrons. The lowest BCUT2D eigenvalue weighted by Crippen LogP contribution is -2.23. The van der Waals surface area contributed by atoms with E-state index in [1.54, 1.807) is 24.3 Å². The number of carbonyl (C=O) groups is 2. The molecule has 17 heavy (non-hydrogen) atoms. The number of aliphatic carboxylic acids is 1. The fourth-order valence-corrected chi connectivity index (χ4v) is 1.74. The van der Waals surface area contributed by atoms with Gasteiger partial charge < -0.3 is 9.84 Å². The Labute approximate surface area is 100 Å². The van der Waals surface area contributed by atoms with Crippen LogP contribution in [0.1, 0.15) is 32.8 Å². The van der Waals surface area contributed by atoms with Gasteiger partial charge in [0.15, 0.2) is 0 Å². The van der Waals surface area contributed by atoms with E-state index in [-0.39, 0.29) is 6.42 Å². The number of hydrogen-bond acceptors (Lipinski definition) is 3. The van der Waals surface area contributed by atoms with Crippen LogP contribution in [0.3, 0.4) is 0 Å². The van der Waals surface area contributed by atoms with Gasteiger partial charge in [0, 0.05) is 17.9 Å². The van der Waals surface area contributed by atoms with Gasteiger partial charge in [0.05, 0.1) is 6.42 Å². The normalized spacial score (nSPS) is 11.0. The summed E-state index contributed by atoms with van der Waals surface area (Å²) in [6.45, 7) is 4.94. The van der Waals surface area contributed by atoms with Gasteiger partial charge in [0.25, 0.3) is 0 Å². The lowest BCUT2D eigenvalue weighted by molar-refractivity contribution is -0.138. The quantitative estimate of drug-likeness (QED) is 0.644. The Balaban J connectivity index is 3.11. The Bertz CT molecular complexity index is 435. The van der Waals surface area contributed by atoms with Crippen LogP contribution in [0.4, 0.5) is 0 Å². The molecule has 0 saturated carbocycles. The van der Waals surface area contributed by atoms with Crippen molar-refractivity contribution in [2.75, 3.05) is 0 Å². The van der Waals surface area contributed by atoms with Crippen molar-refractivity contribution < 1.29 is 19.4 Å². The molecule has 0 spiro atoms. The van der Waals surface area contributed by atoms with Crippen LogP contribution in [0.25, 0.3) is 0 Å². The second-order valence-electron chi connectivity index (χ2n) is 4.54. The van der Waals surface area contributed by atoms with Crippen LogP contribution < -0.4 is 4.74 Å². The SMILES string of the molecule is CC(=O)Oc1ccccc1C(C)(C)CC(=O)O. The topological polar surface area (TPSA) is 63.6 Å². The second kappa shape index (κ2) is 4.99. The third kappa shape index (κ3) is 3.59. The van der Waals surface area contributed by atoms with E-state index in [0.717, 1.165) is 5.56 Å². The molecule has 0 aliphatic rings. The van der Waals surface area contributed by atoms with Crippen molar-refractivity contribution in [2.45, 2.75) is 32.6 Å². The van der Waals surface area contributed by atoms with Crippen molar-refractivity contribution in [3.8, 4) is 5.75 Å². The summed E-state index contributed by atoms with van der Waals surface area (Å²) >= 11 is 0. The lowest BCUT2D eigenvalue weighted by atomic mass is 9.81. The fourth-order valence-electron chi connectivity index (χ4n) is 1.74. The first kappa shape index (κ1) is 13.2. The number of esters is 1. The van der Waals surface area contributed by atoms with Crippen LogP contribution in [0.15, 0.2) is 24.3 Å². The molecule has 4 nitrogen and oxygen atoms in total. The van der Waals surface area contributed by atoms with Gasteiger partial charge in [-0.15, -0.1) is 0 Å². The molecule has 0 fully saturated rings. The Morgan fingerprint density at radius 1 is 1.29 bits per heavy atom. The first-order chi connectivity index (χ1) is 7.83. The maximum absolute atomic E-state index is 11.0. The highest BCUT2D eigenvalue weighted by Crippen LogP contribution is 2.34. The number of hydrogen-bond donors (Lipinski definition) is 1. The van der Waals surface area contributed by atoms with Gasteiger partial charge in [-0.3, -0.25) is 9.59 Å². The maximum atomic E-state index is 11.0. The largest absolute Gasteiger partial charge is 0.481 e. The predicted octanol–water partition coefficient (Wildman–Crippen LogP) is 2.36.